The third kappa shape index (κ3) is 28.9. The molecule has 6 fully saturated rings. The fraction of sp³-hybridized carbons (Fsp3) is 1.00. The van der Waals surface area contributed by atoms with E-state index in [1.165, 1.54) is 21.3 Å². The molecule has 0 radical (unpaired) electrons. The van der Waals surface area contributed by atoms with E-state index in [0.29, 0.717) is 19.6 Å². The van der Waals surface area contributed by atoms with E-state index in [9.17, 15) is 66.4 Å². The largest absolute Gasteiger partial charge is 0.394 e. The van der Waals surface area contributed by atoms with Crippen molar-refractivity contribution in [1.82, 2.24) is 0 Å². The molecule has 13 N–H and O–H groups in total. The summed E-state index contributed by atoms with van der Waals surface area (Å²) in [7, 11) is 4.15. The molecular formula is C68H126O40. The van der Waals surface area contributed by atoms with Crippen LogP contribution in [0.5, 0.6) is 0 Å². The van der Waals surface area contributed by atoms with Gasteiger partial charge in [-0.25, -0.2) is 0 Å². The van der Waals surface area contributed by atoms with Crippen LogP contribution in [0.15, 0.2) is 0 Å². The second-order valence-corrected chi connectivity index (χ2v) is 26.1. The maximum absolute atomic E-state index is 12.6. The maximum Gasteiger partial charge on any atom is 0.187 e. The second kappa shape index (κ2) is 53.6. The molecule has 108 heavy (non-hydrogen) atoms. The van der Waals surface area contributed by atoms with E-state index < -0.39 is 210 Å². The van der Waals surface area contributed by atoms with Crippen molar-refractivity contribution in [2.75, 3.05) is 220 Å². The zero-order chi connectivity index (χ0) is 78.3. The average Bonchev–Trinajstić information content (AvgIpc) is 0.772. The van der Waals surface area contributed by atoms with Crippen LogP contribution in [0.4, 0.5) is 0 Å². The van der Waals surface area contributed by atoms with Crippen LogP contribution >= 0.6 is 0 Å². The van der Waals surface area contributed by atoms with Gasteiger partial charge in [0.25, 0.3) is 0 Å². The van der Waals surface area contributed by atoms with E-state index in [4.69, 9.17) is 128 Å². The fourth-order valence-electron chi connectivity index (χ4n) is 12.9. The molecule has 0 aromatic rings. The summed E-state index contributed by atoms with van der Waals surface area (Å²) in [6.07, 6.45) is -42.7. The zero-order valence-corrected chi connectivity index (χ0v) is 63.1. The molecular weight excluding hydrogens is 1460 g/mol. The van der Waals surface area contributed by atoms with E-state index in [1.807, 2.05) is 6.92 Å². The minimum atomic E-state index is -2.09. The van der Waals surface area contributed by atoms with Crippen molar-refractivity contribution in [3.63, 3.8) is 0 Å². The number of methoxy groups -OCH3 is 3. The molecule has 0 aliphatic carbocycles. The number of hydrogen-bond donors (Lipinski definition) is 13. The van der Waals surface area contributed by atoms with Crippen molar-refractivity contribution in [1.29, 1.82) is 0 Å². The summed E-state index contributed by atoms with van der Waals surface area (Å²) in [4.78, 5) is 0. The summed E-state index contributed by atoms with van der Waals surface area (Å²) in [5.41, 5.74) is 0. The Kier molecular flexibility index (Phi) is 47.3. The standard InChI is InChI=1S/C68H126O40/c1-8-14-94-61-53(81)66(102-46(38-93-28-24-88-17-12-71)58(61)106-65-52(80)59(84-7)56(42(34-74)99-65)107-67-62(97-32-29-89-18-13-72)47(75)39(3)43(100-67)35-90-25-21-85-9-2)104-54-44(36-91-26-22-86-15-10-69)101-64(50(78)49(54)77)105-55-45(37-92-27-23-87-16-11-70)103-68(63(51(55)79)96-31-20-83-6)108-57-41(33-73)98-40(4)48(76)60(57)95-30-19-82-5/h39-81H,8-38H2,1-7H3/t39-,40-,41?,42?,43+,44?,45+,46+,47?,48?,49?,50?,51?,52?,53?,54+,55-,56+,57+,58-,59?,60?,61?,62?,63?,64-,65-,66+,67+,68+/m1/s1. The maximum atomic E-state index is 12.6. The Bertz CT molecular complexity index is 2240. The molecule has 0 aromatic heterocycles. The molecule has 6 aliphatic heterocycles. The molecule has 15 unspecified atom stereocenters. The van der Waals surface area contributed by atoms with Crippen LogP contribution in [0.1, 0.15) is 34.1 Å². The van der Waals surface area contributed by atoms with Gasteiger partial charge >= 0.3 is 0 Å². The quantitative estimate of drug-likeness (QED) is 0.0252. The Balaban J connectivity index is 1.30. The van der Waals surface area contributed by atoms with Gasteiger partial charge in [-0.05, 0) is 20.3 Å². The van der Waals surface area contributed by atoms with Crippen LogP contribution < -0.4 is 0 Å². The Morgan fingerprint density at radius 1 is 0.269 bits per heavy atom. The first kappa shape index (κ1) is 95.2. The van der Waals surface area contributed by atoms with E-state index in [2.05, 4.69) is 0 Å². The summed E-state index contributed by atoms with van der Waals surface area (Å²) in [6.45, 7) is 3.85. The molecule has 0 spiro atoms. The van der Waals surface area contributed by atoms with Crippen LogP contribution in [-0.4, -0.2) is 464 Å². The van der Waals surface area contributed by atoms with Crippen LogP contribution in [0.3, 0.4) is 0 Å². The Morgan fingerprint density at radius 3 is 1.09 bits per heavy atom. The highest BCUT2D eigenvalue weighted by Gasteiger charge is 2.59. The summed E-state index contributed by atoms with van der Waals surface area (Å²) in [6, 6.07) is 0. The highest BCUT2D eigenvalue weighted by molar-refractivity contribution is 5.02. The SMILES string of the molecule is CCCOC1C(O)[C@H](O[C@H]2C(COCCOCCO)O[C@H](O[C@H]3C(O)C(OCCOC)[C@H](O[C@H]4C(CO)O[C@H](C)C(O)C4OCCOC)O[C@H]3COCCOCCO)C(O)C2O)O[C@@H](COCCOCCO)[C@H]1O[C@H]1OC(CO)[C@H](O[C@@H]2O[C@@H](COCCOCC)[C@@H](C)C(O)C2OCCOCCO)C(OC)C1O. The van der Waals surface area contributed by atoms with Crippen LogP contribution in [0, 0.1) is 5.92 Å². The molecule has 6 aliphatic rings. The van der Waals surface area contributed by atoms with Gasteiger partial charge in [0.2, 0.25) is 0 Å². The van der Waals surface area contributed by atoms with Gasteiger partial charge in [-0.3, -0.25) is 0 Å². The van der Waals surface area contributed by atoms with Crippen LogP contribution in [0.25, 0.3) is 0 Å². The minimum Gasteiger partial charge on any atom is -0.394 e. The number of rotatable bonds is 57. The minimum absolute atomic E-state index is 0.000554. The Morgan fingerprint density at radius 2 is 0.611 bits per heavy atom. The van der Waals surface area contributed by atoms with Gasteiger partial charge < -0.3 is 194 Å². The van der Waals surface area contributed by atoms with Crippen molar-refractivity contribution in [3.05, 3.63) is 0 Å². The molecule has 638 valence electrons. The van der Waals surface area contributed by atoms with Gasteiger partial charge in [0.05, 0.1) is 203 Å². The molecule has 0 amide bonds. The number of hydrogen-bond acceptors (Lipinski definition) is 40. The lowest BCUT2D eigenvalue weighted by atomic mass is 9.90. The second-order valence-electron chi connectivity index (χ2n) is 26.1. The first-order valence-electron chi connectivity index (χ1n) is 37.2. The Hall–Kier alpha value is -1.60. The van der Waals surface area contributed by atoms with Crippen LogP contribution in [-0.2, 0) is 128 Å². The third-order valence-electron chi connectivity index (χ3n) is 18.5. The molecule has 40 nitrogen and oxygen atoms in total. The molecule has 0 saturated carbocycles. The van der Waals surface area contributed by atoms with Gasteiger partial charge in [0, 0.05) is 40.5 Å². The summed E-state index contributed by atoms with van der Waals surface area (Å²) in [5.74, 6) is -0.572. The van der Waals surface area contributed by atoms with Gasteiger partial charge in [-0.1, -0.05) is 13.8 Å². The highest BCUT2D eigenvalue weighted by Crippen LogP contribution is 2.40. The van der Waals surface area contributed by atoms with E-state index in [0.717, 1.165) is 0 Å². The summed E-state index contributed by atoms with van der Waals surface area (Å²) in [5, 5.41) is 145. The van der Waals surface area contributed by atoms with Gasteiger partial charge in [0.15, 0.2) is 31.5 Å². The van der Waals surface area contributed by atoms with Crippen molar-refractivity contribution in [2.45, 2.75) is 212 Å². The molecule has 6 rings (SSSR count). The van der Waals surface area contributed by atoms with E-state index in [-0.39, 0.29) is 159 Å². The highest BCUT2D eigenvalue weighted by atomic mass is 16.8. The molecule has 40 heteroatoms. The lowest BCUT2D eigenvalue weighted by molar-refractivity contribution is -0.399. The van der Waals surface area contributed by atoms with E-state index in [1.54, 1.807) is 20.8 Å². The predicted molar refractivity (Wildman–Crippen MR) is 363 cm³/mol. The van der Waals surface area contributed by atoms with Gasteiger partial charge in [-0.2, -0.15) is 0 Å². The molecule has 30 atom stereocenters. The molecule has 6 saturated heterocycles. The fourth-order valence-corrected chi connectivity index (χ4v) is 12.9. The Labute approximate surface area is 630 Å². The lowest BCUT2D eigenvalue weighted by Gasteiger charge is -2.51. The molecule has 6 heterocycles. The summed E-state index contributed by atoms with van der Waals surface area (Å²) >= 11 is 0. The van der Waals surface area contributed by atoms with Crippen molar-refractivity contribution < 1.29 is 194 Å². The normalized spacial score (nSPS) is 37.7. The topological polar surface area (TPSA) is 512 Å². The zero-order valence-electron chi connectivity index (χ0n) is 63.1. The number of ether oxygens (including phenoxy) is 27. The lowest BCUT2D eigenvalue weighted by Crippen LogP contribution is -2.68. The van der Waals surface area contributed by atoms with Crippen molar-refractivity contribution in [3.8, 4) is 0 Å². The van der Waals surface area contributed by atoms with E-state index >= 15 is 0 Å². The third-order valence-corrected chi connectivity index (χ3v) is 18.5. The summed E-state index contributed by atoms with van der Waals surface area (Å²) < 4.78 is 163. The number of aliphatic hydroxyl groups is 13. The smallest absolute Gasteiger partial charge is 0.187 e. The van der Waals surface area contributed by atoms with Crippen molar-refractivity contribution >= 4 is 0 Å². The number of aliphatic hydroxyl groups excluding tert-OH is 13. The van der Waals surface area contributed by atoms with Gasteiger partial charge in [-0.15, -0.1) is 0 Å². The monoisotopic (exact) mass is 1580 g/mol. The van der Waals surface area contributed by atoms with Crippen molar-refractivity contribution in [2.24, 2.45) is 5.92 Å². The molecule has 0 aromatic carbocycles. The molecule has 0 bridgehead atoms. The first-order chi connectivity index (χ1) is 52.4. The predicted octanol–water partition coefficient (Wildman–Crippen LogP) is -7.13. The first-order valence-corrected chi connectivity index (χ1v) is 37.2. The van der Waals surface area contributed by atoms with Crippen LogP contribution in [0.2, 0.25) is 0 Å². The average molecular weight is 1580 g/mol. The van der Waals surface area contributed by atoms with Gasteiger partial charge in [0.1, 0.15) is 128 Å².